The normalized spacial score (nSPS) is 23.0. The third kappa shape index (κ3) is 5.13. The van der Waals surface area contributed by atoms with Gasteiger partial charge < -0.3 is 20.5 Å². The van der Waals surface area contributed by atoms with Crippen LogP contribution in [-0.2, 0) is 4.74 Å². The van der Waals surface area contributed by atoms with Crippen molar-refractivity contribution in [2.45, 2.75) is 52.0 Å². The fourth-order valence-corrected chi connectivity index (χ4v) is 2.97. The van der Waals surface area contributed by atoms with E-state index in [0.717, 1.165) is 13.0 Å². The molecule has 0 aromatic carbocycles. The van der Waals surface area contributed by atoms with Gasteiger partial charge in [0.1, 0.15) is 12.3 Å². The van der Waals surface area contributed by atoms with Crippen LogP contribution in [0.25, 0.3) is 0 Å². The van der Waals surface area contributed by atoms with Crippen molar-refractivity contribution in [3.63, 3.8) is 0 Å². The molecule has 1 fully saturated rings. The molecule has 0 aliphatic carbocycles. The van der Waals surface area contributed by atoms with E-state index in [9.17, 15) is 14.7 Å². The molecule has 1 aromatic heterocycles. The zero-order valence-electron chi connectivity index (χ0n) is 14.7. The summed E-state index contributed by atoms with van der Waals surface area (Å²) in [5, 5.41) is 16.3. The molecular weight excluding hydrogens is 344 g/mol. The summed E-state index contributed by atoms with van der Waals surface area (Å²) in [7, 11) is 0. The van der Waals surface area contributed by atoms with Crippen LogP contribution in [0.1, 0.15) is 38.5 Å². The standard InChI is InChI=1S/C16H26N4O4S/c1-9(2)4-5-17-15(25)18-11-6-13(24-12(11)8-21)20-7-10(3)14(22)19-16(20)23/h7,9,11-13,21H,4-6,8H2,1-3H3,(H2,17,18,25)(H,19,22,23)/t11?,12-,13-/m1/s1. The fraction of sp³-hybridized carbons (Fsp3) is 0.688. The maximum atomic E-state index is 12.0. The lowest BCUT2D eigenvalue weighted by Gasteiger charge is -2.20. The molecule has 0 radical (unpaired) electrons. The summed E-state index contributed by atoms with van der Waals surface area (Å²) in [5.74, 6) is 0.579. The van der Waals surface area contributed by atoms with Gasteiger partial charge in [-0.3, -0.25) is 14.3 Å². The van der Waals surface area contributed by atoms with Gasteiger partial charge in [0.2, 0.25) is 0 Å². The topological polar surface area (TPSA) is 108 Å². The number of rotatable bonds is 6. The molecule has 8 nitrogen and oxygen atoms in total. The minimum Gasteiger partial charge on any atom is -0.394 e. The van der Waals surface area contributed by atoms with E-state index in [2.05, 4.69) is 29.5 Å². The highest BCUT2D eigenvalue weighted by molar-refractivity contribution is 7.80. The molecule has 1 unspecified atom stereocenters. The van der Waals surface area contributed by atoms with Crippen molar-refractivity contribution < 1.29 is 9.84 Å². The summed E-state index contributed by atoms with van der Waals surface area (Å²) in [4.78, 5) is 25.8. The first-order valence-corrected chi connectivity index (χ1v) is 8.85. The van der Waals surface area contributed by atoms with Gasteiger partial charge in [0.25, 0.3) is 5.56 Å². The van der Waals surface area contributed by atoms with Crippen molar-refractivity contribution >= 4 is 17.3 Å². The predicted molar refractivity (Wildman–Crippen MR) is 98.7 cm³/mol. The van der Waals surface area contributed by atoms with Gasteiger partial charge in [0.05, 0.1) is 12.6 Å². The number of aliphatic hydroxyl groups is 1. The third-order valence-corrected chi connectivity index (χ3v) is 4.46. The number of nitrogens with zero attached hydrogens (tertiary/aromatic N) is 1. The Bertz CT molecular complexity index is 715. The fourth-order valence-electron chi connectivity index (χ4n) is 2.72. The predicted octanol–water partition coefficient (Wildman–Crippen LogP) is 0.00362. The van der Waals surface area contributed by atoms with Gasteiger partial charge in [0, 0.05) is 24.7 Å². The minimum atomic E-state index is -0.573. The molecule has 1 aliphatic heterocycles. The van der Waals surface area contributed by atoms with Crippen molar-refractivity contribution in [3.8, 4) is 0 Å². The van der Waals surface area contributed by atoms with Crippen molar-refractivity contribution in [3.05, 3.63) is 32.6 Å². The second-order valence-electron chi connectivity index (χ2n) is 6.72. The van der Waals surface area contributed by atoms with E-state index < -0.39 is 23.6 Å². The van der Waals surface area contributed by atoms with Crippen molar-refractivity contribution in [2.24, 2.45) is 5.92 Å². The van der Waals surface area contributed by atoms with E-state index in [1.54, 1.807) is 6.92 Å². The van der Waals surface area contributed by atoms with Crippen molar-refractivity contribution in [1.82, 2.24) is 20.2 Å². The van der Waals surface area contributed by atoms with E-state index in [1.165, 1.54) is 10.8 Å². The zero-order valence-corrected chi connectivity index (χ0v) is 15.6. The van der Waals surface area contributed by atoms with E-state index in [0.29, 0.717) is 23.0 Å². The number of aromatic nitrogens is 2. The maximum absolute atomic E-state index is 12.0. The Hall–Kier alpha value is -1.71. The minimum absolute atomic E-state index is 0.195. The average Bonchev–Trinajstić information content (AvgIpc) is 2.93. The molecule has 0 amide bonds. The second kappa shape index (κ2) is 8.59. The number of aromatic amines is 1. The lowest BCUT2D eigenvalue weighted by molar-refractivity contribution is -0.0281. The number of ether oxygens (including phenoxy) is 1. The van der Waals surface area contributed by atoms with Gasteiger partial charge in [-0.05, 0) is 31.5 Å². The summed E-state index contributed by atoms with van der Waals surface area (Å²) >= 11 is 5.29. The van der Waals surface area contributed by atoms with Crippen molar-refractivity contribution in [2.75, 3.05) is 13.2 Å². The van der Waals surface area contributed by atoms with Gasteiger partial charge in [-0.25, -0.2) is 4.79 Å². The van der Waals surface area contributed by atoms with Crippen LogP contribution in [0.5, 0.6) is 0 Å². The quantitative estimate of drug-likeness (QED) is 0.522. The largest absolute Gasteiger partial charge is 0.394 e. The summed E-state index contributed by atoms with van der Waals surface area (Å²) in [6.07, 6.45) is 1.86. The van der Waals surface area contributed by atoms with Crippen LogP contribution in [0.2, 0.25) is 0 Å². The summed E-state index contributed by atoms with van der Waals surface area (Å²) in [6, 6.07) is -0.229. The summed E-state index contributed by atoms with van der Waals surface area (Å²) in [5.41, 5.74) is -0.523. The number of aryl methyl sites for hydroxylation is 1. The number of thiocarbonyl (C=S) groups is 1. The summed E-state index contributed by atoms with van der Waals surface area (Å²) < 4.78 is 7.11. The molecule has 0 bridgehead atoms. The van der Waals surface area contributed by atoms with Gasteiger partial charge in [-0.1, -0.05) is 13.8 Å². The van der Waals surface area contributed by atoms with Crippen LogP contribution in [-0.4, -0.2) is 45.1 Å². The van der Waals surface area contributed by atoms with E-state index in [1.807, 2.05) is 0 Å². The van der Waals surface area contributed by atoms with Crippen LogP contribution in [0.15, 0.2) is 15.8 Å². The molecular formula is C16H26N4O4S. The van der Waals surface area contributed by atoms with Crippen LogP contribution < -0.4 is 21.9 Å². The molecule has 3 atom stereocenters. The van der Waals surface area contributed by atoms with Crippen LogP contribution in [0.4, 0.5) is 0 Å². The highest BCUT2D eigenvalue weighted by Crippen LogP contribution is 2.27. The summed E-state index contributed by atoms with van der Waals surface area (Å²) in [6.45, 7) is 6.47. The zero-order chi connectivity index (χ0) is 18.6. The number of hydrogen-bond acceptors (Lipinski definition) is 5. The molecule has 25 heavy (non-hydrogen) atoms. The third-order valence-electron chi connectivity index (χ3n) is 4.20. The first kappa shape index (κ1) is 19.6. The Balaban J connectivity index is 2.02. The Morgan fingerprint density at radius 3 is 2.88 bits per heavy atom. The highest BCUT2D eigenvalue weighted by Gasteiger charge is 2.36. The van der Waals surface area contributed by atoms with Crippen LogP contribution in [0, 0.1) is 12.8 Å². The van der Waals surface area contributed by atoms with Gasteiger partial charge in [-0.15, -0.1) is 0 Å². The molecule has 1 aromatic rings. The van der Waals surface area contributed by atoms with Gasteiger partial charge >= 0.3 is 5.69 Å². The smallest absolute Gasteiger partial charge is 0.330 e. The average molecular weight is 370 g/mol. The molecule has 140 valence electrons. The molecule has 1 aliphatic rings. The number of H-pyrrole nitrogens is 1. The van der Waals surface area contributed by atoms with E-state index >= 15 is 0 Å². The molecule has 1 saturated heterocycles. The number of aliphatic hydroxyl groups excluding tert-OH is 1. The highest BCUT2D eigenvalue weighted by atomic mass is 32.1. The van der Waals surface area contributed by atoms with Crippen LogP contribution in [0.3, 0.4) is 0 Å². The Labute approximate surface area is 151 Å². The monoisotopic (exact) mass is 370 g/mol. The Morgan fingerprint density at radius 2 is 2.24 bits per heavy atom. The number of hydrogen-bond donors (Lipinski definition) is 4. The van der Waals surface area contributed by atoms with Gasteiger partial charge in [-0.2, -0.15) is 0 Å². The molecule has 0 saturated carbocycles. The van der Waals surface area contributed by atoms with Gasteiger partial charge in [0.15, 0.2) is 5.11 Å². The Morgan fingerprint density at radius 1 is 1.52 bits per heavy atom. The number of nitrogens with one attached hydrogen (secondary N) is 3. The SMILES string of the molecule is Cc1cn([C@H]2CC(NC(=S)NCCC(C)C)[C@@H](CO)O2)c(=O)[nH]c1=O. The second-order valence-corrected chi connectivity index (χ2v) is 7.12. The lowest BCUT2D eigenvalue weighted by Crippen LogP contribution is -2.46. The van der Waals surface area contributed by atoms with E-state index in [4.69, 9.17) is 17.0 Å². The molecule has 0 spiro atoms. The van der Waals surface area contributed by atoms with E-state index in [-0.39, 0.29) is 12.6 Å². The van der Waals surface area contributed by atoms with Crippen molar-refractivity contribution in [1.29, 1.82) is 0 Å². The lowest BCUT2D eigenvalue weighted by atomic mass is 10.1. The Kier molecular flexibility index (Phi) is 6.74. The maximum Gasteiger partial charge on any atom is 0.330 e. The van der Waals surface area contributed by atoms with Crippen LogP contribution >= 0.6 is 12.2 Å². The molecule has 2 heterocycles. The molecule has 4 N–H and O–H groups in total. The molecule has 2 rings (SSSR count). The molecule has 9 heteroatoms. The first-order valence-electron chi connectivity index (χ1n) is 8.44. The first-order chi connectivity index (χ1) is 11.8.